The number of carbonyl (C=O) groups is 1. The van der Waals surface area contributed by atoms with Gasteiger partial charge in [0.1, 0.15) is 0 Å². The van der Waals surface area contributed by atoms with E-state index in [1.165, 1.54) is 4.90 Å². The smallest absolute Gasteiger partial charge is 0.303 e. The molecule has 0 N–H and O–H groups in total. The van der Waals surface area contributed by atoms with Crippen molar-refractivity contribution in [3.05, 3.63) is 24.3 Å². The molecule has 3 nitrogen and oxygen atoms in total. The molecule has 0 aliphatic carbocycles. The summed E-state index contributed by atoms with van der Waals surface area (Å²) in [5.41, 5.74) is 0.736. The minimum atomic E-state index is -0.552. The molecule has 0 bridgehead atoms. The molecule has 1 rings (SSSR count). The molecule has 0 spiro atoms. The molecule has 1 amide bonds. The van der Waals surface area contributed by atoms with Crippen molar-refractivity contribution in [3.8, 4) is 6.07 Å². The Morgan fingerprint density at radius 2 is 1.94 bits per heavy atom. The van der Waals surface area contributed by atoms with Crippen LogP contribution in [0.1, 0.15) is 13.8 Å². The number of nitrogens with zero attached hydrogens (tertiary/aromatic N) is 2. The number of amides is 1. The van der Waals surface area contributed by atoms with Crippen LogP contribution in [0.3, 0.4) is 0 Å². The minimum absolute atomic E-state index is 0.532. The highest BCUT2D eigenvalue weighted by Crippen LogP contribution is 2.25. The number of anilines is 1. The summed E-state index contributed by atoms with van der Waals surface area (Å²) in [7, 11) is 1.59. The monoisotopic (exact) mass is 234 g/mol. The van der Waals surface area contributed by atoms with E-state index >= 15 is 0 Å². The fourth-order valence-electron chi connectivity index (χ4n) is 1.21. The standard InChI is InChI=1S/C12H14N2OS/c1-9(2)16-11-6-4-10(5-7-11)14(3)12(15)8-13/h4-7,9H,1-3H3. The molecule has 0 unspecified atom stereocenters. The van der Waals surface area contributed by atoms with Gasteiger partial charge in [-0.1, -0.05) is 13.8 Å². The molecule has 0 fully saturated rings. The van der Waals surface area contributed by atoms with Gasteiger partial charge in [0.2, 0.25) is 0 Å². The van der Waals surface area contributed by atoms with Crippen molar-refractivity contribution in [1.82, 2.24) is 0 Å². The Kier molecular flexibility index (Phi) is 4.39. The minimum Gasteiger partial charge on any atom is -0.303 e. The van der Waals surface area contributed by atoms with Gasteiger partial charge in [-0.25, -0.2) is 0 Å². The van der Waals surface area contributed by atoms with Crippen LogP contribution in [0.4, 0.5) is 5.69 Å². The Labute approximate surface area is 100 Å². The van der Waals surface area contributed by atoms with E-state index in [1.54, 1.807) is 24.9 Å². The van der Waals surface area contributed by atoms with Gasteiger partial charge in [0.15, 0.2) is 6.07 Å². The second-order valence-electron chi connectivity index (χ2n) is 3.64. The molecule has 0 aliphatic rings. The van der Waals surface area contributed by atoms with E-state index in [4.69, 9.17) is 5.26 Å². The highest BCUT2D eigenvalue weighted by Gasteiger charge is 2.09. The average molecular weight is 234 g/mol. The van der Waals surface area contributed by atoms with E-state index in [0.29, 0.717) is 5.25 Å². The summed E-state index contributed by atoms with van der Waals surface area (Å²) in [5.74, 6) is -0.552. The number of nitriles is 1. The lowest BCUT2D eigenvalue weighted by Crippen LogP contribution is -2.24. The van der Waals surface area contributed by atoms with Crippen LogP contribution in [0.2, 0.25) is 0 Å². The quantitative estimate of drug-likeness (QED) is 0.596. The predicted molar refractivity (Wildman–Crippen MR) is 66.5 cm³/mol. The molecule has 1 aromatic carbocycles. The van der Waals surface area contributed by atoms with Gasteiger partial charge in [0, 0.05) is 22.9 Å². The summed E-state index contributed by atoms with van der Waals surface area (Å²) < 4.78 is 0. The van der Waals surface area contributed by atoms with Crippen LogP contribution in [0, 0.1) is 11.3 Å². The Hall–Kier alpha value is -1.47. The van der Waals surface area contributed by atoms with Crippen molar-refractivity contribution >= 4 is 23.4 Å². The number of thioether (sulfide) groups is 1. The van der Waals surface area contributed by atoms with Gasteiger partial charge in [-0.3, -0.25) is 4.79 Å². The van der Waals surface area contributed by atoms with Gasteiger partial charge in [0.05, 0.1) is 0 Å². The Balaban J connectivity index is 2.79. The van der Waals surface area contributed by atoms with E-state index in [-0.39, 0.29) is 0 Å². The molecule has 0 heterocycles. The molecule has 16 heavy (non-hydrogen) atoms. The topological polar surface area (TPSA) is 44.1 Å². The fraction of sp³-hybridized carbons (Fsp3) is 0.333. The molecule has 0 radical (unpaired) electrons. The third kappa shape index (κ3) is 3.28. The number of carbonyl (C=O) groups excluding carboxylic acids is 1. The van der Waals surface area contributed by atoms with Gasteiger partial charge in [0.25, 0.3) is 0 Å². The van der Waals surface area contributed by atoms with Gasteiger partial charge >= 0.3 is 5.91 Å². The van der Waals surface area contributed by atoms with Gasteiger partial charge < -0.3 is 4.90 Å². The van der Waals surface area contributed by atoms with Crippen LogP contribution < -0.4 is 4.90 Å². The van der Waals surface area contributed by atoms with Crippen LogP contribution in [0.5, 0.6) is 0 Å². The average Bonchev–Trinajstić information content (AvgIpc) is 2.27. The van der Waals surface area contributed by atoms with E-state index in [9.17, 15) is 4.79 Å². The van der Waals surface area contributed by atoms with Crippen LogP contribution in [-0.2, 0) is 4.79 Å². The number of benzene rings is 1. The Morgan fingerprint density at radius 3 is 2.38 bits per heavy atom. The summed E-state index contributed by atoms with van der Waals surface area (Å²) in [6, 6.07) is 9.21. The predicted octanol–water partition coefficient (Wildman–Crippen LogP) is 2.67. The largest absolute Gasteiger partial charge is 0.329 e. The summed E-state index contributed by atoms with van der Waals surface area (Å²) in [5, 5.41) is 9.03. The van der Waals surface area contributed by atoms with Gasteiger partial charge in [-0.05, 0) is 24.3 Å². The molecule has 1 aromatic rings. The van der Waals surface area contributed by atoms with E-state index < -0.39 is 5.91 Å². The molecule has 0 aromatic heterocycles. The first kappa shape index (κ1) is 12.6. The lowest BCUT2D eigenvalue weighted by molar-refractivity contribution is -0.113. The lowest BCUT2D eigenvalue weighted by atomic mass is 10.3. The molecular weight excluding hydrogens is 220 g/mol. The zero-order valence-electron chi connectivity index (χ0n) is 9.60. The van der Waals surface area contributed by atoms with Crippen LogP contribution in [0.15, 0.2) is 29.2 Å². The molecule has 0 aliphatic heterocycles. The first-order chi connectivity index (χ1) is 7.54. The molecule has 0 saturated heterocycles. The molecule has 0 saturated carbocycles. The maximum atomic E-state index is 11.1. The SMILES string of the molecule is CC(C)Sc1ccc(N(C)C(=O)C#N)cc1. The van der Waals surface area contributed by atoms with Crippen LogP contribution in [0.25, 0.3) is 0 Å². The normalized spacial score (nSPS) is 9.94. The number of hydrogen-bond acceptors (Lipinski definition) is 3. The second-order valence-corrected chi connectivity index (χ2v) is 5.29. The third-order valence-corrected chi connectivity index (χ3v) is 3.01. The van der Waals surface area contributed by atoms with Crippen molar-refractivity contribution in [2.45, 2.75) is 24.0 Å². The van der Waals surface area contributed by atoms with Crippen LogP contribution in [-0.4, -0.2) is 18.2 Å². The highest BCUT2D eigenvalue weighted by molar-refractivity contribution is 7.99. The molecule has 4 heteroatoms. The van der Waals surface area contributed by atoms with E-state index in [2.05, 4.69) is 13.8 Å². The third-order valence-electron chi connectivity index (χ3n) is 2.00. The summed E-state index contributed by atoms with van der Waals surface area (Å²) >= 11 is 1.76. The summed E-state index contributed by atoms with van der Waals surface area (Å²) in [6.07, 6.45) is 0. The molecule has 84 valence electrons. The maximum absolute atomic E-state index is 11.1. The lowest BCUT2D eigenvalue weighted by Gasteiger charge is -2.13. The van der Waals surface area contributed by atoms with E-state index in [0.717, 1.165) is 10.6 Å². The van der Waals surface area contributed by atoms with Crippen molar-refractivity contribution in [2.24, 2.45) is 0 Å². The first-order valence-corrected chi connectivity index (χ1v) is 5.87. The van der Waals surface area contributed by atoms with E-state index in [1.807, 2.05) is 24.3 Å². The zero-order chi connectivity index (χ0) is 12.1. The Morgan fingerprint density at radius 1 is 1.38 bits per heavy atom. The highest BCUT2D eigenvalue weighted by atomic mass is 32.2. The second kappa shape index (κ2) is 5.57. The zero-order valence-corrected chi connectivity index (χ0v) is 10.4. The van der Waals surface area contributed by atoms with Crippen LogP contribution >= 0.6 is 11.8 Å². The van der Waals surface area contributed by atoms with Gasteiger partial charge in [-0.2, -0.15) is 5.26 Å². The number of rotatable bonds is 3. The first-order valence-electron chi connectivity index (χ1n) is 4.99. The maximum Gasteiger partial charge on any atom is 0.329 e. The summed E-state index contributed by atoms with van der Waals surface area (Å²) in [6.45, 7) is 4.26. The van der Waals surface area contributed by atoms with Crippen molar-refractivity contribution in [3.63, 3.8) is 0 Å². The Bertz CT molecular complexity index is 406. The van der Waals surface area contributed by atoms with Crippen molar-refractivity contribution < 1.29 is 4.79 Å². The van der Waals surface area contributed by atoms with Crippen molar-refractivity contribution in [2.75, 3.05) is 11.9 Å². The van der Waals surface area contributed by atoms with Crippen molar-refractivity contribution in [1.29, 1.82) is 5.26 Å². The summed E-state index contributed by atoms with van der Waals surface area (Å²) in [4.78, 5) is 13.6. The number of hydrogen-bond donors (Lipinski definition) is 0. The molecule has 0 atom stereocenters. The fourth-order valence-corrected chi connectivity index (χ4v) is 2.05. The molecular formula is C12H14N2OS. The van der Waals surface area contributed by atoms with Gasteiger partial charge in [-0.15, -0.1) is 11.8 Å².